The van der Waals surface area contributed by atoms with Gasteiger partial charge in [-0.05, 0) is 27.7 Å². The minimum Gasteiger partial charge on any atom is -0.444 e. The SMILES string of the molecule is [C-]#[N+]CCc1sc(NC(=O)OC(C)(C)C)nc1C. The van der Waals surface area contributed by atoms with E-state index in [1.165, 1.54) is 11.3 Å². The normalized spacial score (nSPS) is 10.8. The summed E-state index contributed by atoms with van der Waals surface area (Å²) < 4.78 is 5.14. The van der Waals surface area contributed by atoms with Gasteiger partial charge < -0.3 is 9.58 Å². The largest absolute Gasteiger partial charge is 0.444 e. The second-order valence-corrected chi connectivity index (χ2v) is 5.87. The van der Waals surface area contributed by atoms with Crippen LogP contribution in [0, 0.1) is 13.5 Å². The number of anilines is 1. The van der Waals surface area contributed by atoms with Crippen LogP contribution in [0.25, 0.3) is 4.85 Å². The Balaban J connectivity index is 2.63. The Labute approximate surface area is 111 Å². The third kappa shape index (κ3) is 4.72. The molecule has 18 heavy (non-hydrogen) atoms. The van der Waals surface area contributed by atoms with Crippen molar-refractivity contribution in [3.05, 3.63) is 22.0 Å². The zero-order valence-electron chi connectivity index (χ0n) is 11.0. The Kier molecular flexibility index (Phi) is 4.68. The maximum Gasteiger partial charge on any atom is 0.413 e. The van der Waals surface area contributed by atoms with Gasteiger partial charge in [-0.2, -0.15) is 0 Å². The number of rotatable bonds is 3. The van der Waals surface area contributed by atoms with Crippen LogP contribution in [0.15, 0.2) is 0 Å². The molecule has 1 rings (SSSR count). The number of amides is 1. The van der Waals surface area contributed by atoms with E-state index < -0.39 is 11.7 Å². The second-order valence-electron chi connectivity index (χ2n) is 4.79. The van der Waals surface area contributed by atoms with Crippen molar-refractivity contribution in [2.24, 2.45) is 0 Å². The smallest absolute Gasteiger partial charge is 0.413 e. The number of hydrogen-bond donors (Lipinski definition) is 1. The molecule has 0 bridgehead atoms. The zero-order chi connectivity index (χ0) is 13.8. The Morgan fingerprint density at radius 3 is 2.78 bits per heavy atom. The van der Waals surface area contributed by atoms with E-state index in [2.05, 4.69) is 15.1 Å². The number of hydrogen-bond acceptors (Lipinski definition) is 4. The molecule has 1 amide bonds. The maximum atomic E-state index is 11.5. The van der Waals surface area contributed by atoms with Gasteiger partial charge in [0, 0.05) is 4.88 Å². The zero-order valence-corrected chi connectivity index (χ0v) is 11.8. The topological polar surface area (TPSA) is 55.6 Å². The average Bonchev–Trinajstić information content (AvgIpc) is 2.52. The van der Waals surface area contributed by atoms with E-state index in [4.69, 9.17) is 11.3 Å². The summed E-state index contributed by atoms with van der Waals surface area (Å²) in [6.07, 6.45) is 0.163. The minimum absolute atomic E-state index is 0.439. The molecule has 5 nitrogen and oxygen atoms in total. The second kappa shape index (κ2) is 5.83. The summed E-state index contributed by atoms with van der Waals surface area (Å²) in [5.41, 5.74) is 0.332. The van der Waals surface area contributed by atoms with Gasteiger partial charge in [0.2, 0.25) is 6.54 Å². The van der Waals surface area contributed by atoms with Crippen LogP contribution in [0.4, 0.5) is 9.93 Å². The highest BCUT2D eigenvalue weighted by Gasteiger charge is 2.18. The first-order chi connectivity index (χ1) is 8.31. The lowest BCUT2D eigenvalue weighted by atomic mass is 10.2. The summed E-state index contributed by atoms with van der Waals surface area (Å²) >= 11 is 1.39. The number of nitrogens with one attached hydrogen (secondary N) is 1. The molecule has 0 unspecified atom stereocenters. The molecule has 0 aliphatic rings. The van der Waals surface area contributed by atoms with Crippen molar-refractivity contribution in [1.29, 1.82) is 0 Å². The molecular weight excluding hydrogens is 250 g/mol. The molecule has 1 aromatic rings. The van der Waals surface area contributed by atoms with Crippen LogP contribution in [0.3, 0.4) is 0 Å². The van der Waals surface area contributed by atoms with Crippen molar-refractivity contribution in [2.75, 3.05) is 11.9 Å². The van der Waals surface area contributed by atoms with Gasteiger partial charge in [-0.1, -0.05) is 0 Å². The molecule has 1 N–H and O–H groups in total. The van der Waals surface area contributed by atoms with E-state index in [9.17, 15) is 4.79 Å². The van der Waals surface area contributed by atoms with Crippen molar-refractivity contribution in [1.82, 2.24) is 4.98 Å². The fourth-order valence-corrected chi connectivity index (χ4v) is 2.20. The van der Waals surface area contributed by atoms with Gasteiger partial charge in [0.25, 0.3) is 0 Å². The molecule has 0 radical (unpaired) electrons. The standard InChI is InChI=1S/C12H17N3O2S/c1-8-9(6-7-13-5)18-10(14-8)15-11(16)17-12(2,3)4/h6-7H2,1-4H3,(H,14,15,16). The number of thiazole rings is 1. The Morgan fingerprint density at radius 1 is 1.56 bits per heavy atom. The third-order valence-corrected chi connectivity index (χ3v) is 3.08. The van der Waals surface area contributed by atoms with Crippen molar-refractivity contribution in [3.63, 3.8) is 0 Å². The first-order valence-corrected chi connectivity index (χ1v) is 6.43. The van der Waals surface area contributed by atoms with Crippen LogP contribution in [0.2, 0.25) is 0 Å². The molecule has 0 saturated heterocycles. The molecule has 0 aliphatic heterocycles. The van der Waals surface area contributed by atoms with Gasteiger partial charge in [0.15, 0.2) is 5.13 Å². The molecule has 0 spiro atoms. The molecule has 6 heteroatoms. The van der Waals surface area contributed by atoms with E-state index in [1.807, 2.05) is 6.92 Å². The molecule has 0 aromatic carbocycles. The Morgan fingerprint density at radius 2 is 2.22 bits per heavy atom. The van der Waals surface area contributed by atoms with E-state index in [0.717, 1.165) is 10.6 Å². The van der Waals surface area contributed by atoms with Crippen LogP contribution in [-0.4, -0.2) is 23.2 Å². The van der Waals surface area contributed by atoms with Crippen LogP contribution in [0.5, 0.6) is 0 Å². The van der Waals surface area contributed by atoms with Gasteiger partial charge in [-0.25, -0.2) is 16.4 Å². The van der Waals surface area contributed by atoms with Gasteiger partial charge in [-0.3, -0.25) is 5.32 Å². The summed E-state index contributed by atoms with van der Waals surface area (Å²) in [5.74, 6) is 0. The van der Waals surface area contributed by atoms with E-state index >= 15 is 0 Å². The van der Waals surface area contributed by atoms with E-state index in [1.54, 1.807) is 20.8 Å². The molecule has 0 aliphatic carbocycles. The van der Waals surface area contributed by atoms with Gasteiger partial charge in [-0.15, -0.1) is 11.3 Å². The van der Waals surface area contributed by atoms with Crippen molar-refractivity contribution >= 4 is 22.6 Å². The molecule has 0 atom stereocenters. The predicted octanol–water partition coefficient (Wildman–Crippen LogP) is 3.26. The molecule has 1 heterocycles. The van der Waals surface area contributed by atoms with Crippen LogP contribution in [0.1, 0.15) is 31.3 Å². The first-order valence-electron chi connectivity index (χ1n) is 5.61. The van der Waals surface area contributed by atoms with Crippen molar-refractivity contribution in [3.8, 4) is 0 Å². The maximum absolute atomic E-state index is 11.5. The molecular formula is C12H17N3O2S. The molecule has 0 fully saturated rings. The molecule has 1 aromatic heterocycles. The van der Waals surface area contributed by atoms with Gasteiger partial charge in [0.1, 0.15) is 5.60 Å². The van der Waals surface area contributed by atoms with Crippen molar-refractivity contribution < 1.29 is 9.53 Å². The lowest BCUT2D eigenvalue weighted by Gasteiger charge is -2.18. The Hall–Kier alpha value is -1.61. The summed E-state index contributed by atoms with van der Waals surface area (Å²) in [5, 5.41) is 3.12. The minimum atomic E-state index is -0.524. The quantitative estimate of drug-likeness (QED) is 0.855. The first kappa shape index (κ1) is 14.5. The van der Waals surface area contributed by atoms with Crippen molar-refractivity contribution in [2.45, 2.75) is 39.7 Å². The lowest BCUT2D eigenvalue weighted by molar-refractivity contribution is 0.0636. The summed E-state index contributed by atoms with van der Waals surface area (Å²) in [7, 11) is 0. The third-order valence-electron chi connectivity index (χ3n) is 1.95. The summed E-state index contributed by atoms with van der Waals surface area (Å²) in [6.45, 7) is 14.5. The summed E-state index contributed by atoms with van der Waals surface area (Å²) in [4.78, 5) is 20.1. The lowest BCUT2D eigenvalue weighted by Crippen LogP contribution is -2.27. The number of aromatic nitrogens is 1. The number of carbonyl (C=O) groups excluding carboxylic acids is 1. The van der Waals surface area contributed by atoms with Crippen LogP contribution in [-0.2, 0) is 11.2 Å². The van der Waals surface area contributed by atoms with Crippen LogP contribution < -0.4 is 5.32 Å². The number of nitrogens with zero attached hydrogens (tertiary/aromatic N) is 2. The number of ether oxygens (including phenoxy) is 1. The highest BCUT2D eigenvalue weighted by molar-refractivity contribution is 7.15. The highest BCUT2D eigenvalue weighted by atomic mass is 32.1. The Bertz CT molecular complexity index is 469. The monoisotopic (exact) mass is 267 g/mol. The highest BCUT2D eigenvalue weighted by Crippen LogP contribution is 2.23. The molecule has 98 valence electrons. The van der Waals surface area contributed by atoms with E-state index in [0.29, 0.717) is 18.1 Å². The van der Waals surface area contributed by atoms with Gasteiger partial charge in [0.05, 0.1) is 12.1 Å². The summed E-state index contributed by atoms with van der Waals surface area (Å²) in [6, 6.07) is 0. The average molecular weight is 267 g/mol. The van der Waals surface area contributed by atoms with Gasteiger partial charge >= 0.3 is 6.09 Å². The fourth-order valence-electron chi connectivity index (χ4n) is 1.26. The molecule has 0 saturated carbocycles. The predicted molar refractivity (Wildman–Crippen MR) is 71.9 cm³/mol. The van der Waals surface area contributed by atoms with Crippen LogP contribution >= 0.6 is 11.3 Å². The fraction of sp³-hybridized carbons (Fsp3) is 0.583. The van der Waals surface area contributed by atoms with E-state index in [-0.39, 0.29) is 0 Å². The number of aryl methyl sites for hydroxylation is 1. The number of carbonyl (C=O) groups is 1.